The molecule has 0 fully saturated rings. The Bertz CT molecular complexity index is 788. The molecule has 0 aliphatic carbocycles. The van der Waals surface area contributed by atoms with E-state index in [1.165, 1.54) is 6.08 Å². The van der Waals surface area contributed by atoms with Gasteiger partial charge in [-0.3, -0.25) is 14.9 Å². The minimum atomic E-state index is -0.332. The first kappa shape index (κ1) is 18.4. The summed E-state index contributed by atoms with van der Waals surface area (Å²) in [5.74, 6) is -0.492. The first-order chi connectivity index (χ1) is 12.1. The van der Waals surface area contributed by atoms with E-state index < -0.39 is 0 Å². The highest BCUT2D eigenvalue weighted by atomic mass is 32.1. The number of rotatable bonds is 5. The van der Waals surface area contributed by atoms with Gasteiger partial charge in [0, 0.05) is 23.9 Å². The molecule has 6 heteroatoms. The molecular weight excluding hydrogens is 334 g/mol. The zero-order valence-corrected chi connectivity index (χ0v) is 14.6. The van der Waals surface area contributed by atoms with Crippen molar-refractivity contribution in [2.75, 3.05) is 11.9 Å². The first-order valence-electron chi connectivity index (χ1n) is 7.82. The minimum Gasteiger partial charge on any atom is -0.352 e. The van der Waals surface area contributed by atoms with Crippen molar-refractivity contribution in [1.82, 2.24) is 10.6 Å². The lowest BCUT2D eigenvalue weighted by molar-refractivity contribution is -0.115. The van der Waals surface area contributed by atoms with Crippen LogP contribution < -0.4 is 16.0 Å². The lowest BCUT2D eigenvalue weighted by atomic mass is 10.2. The normalized spacial score (nSPS) is 10.3. The predicted octanol–water partition coefficient (Wildman–Crippen LogP) is 2.96. The Labute approximate surface area is 152 Å². The topological polar surface area (TPSA) is 70.2 Å². The molecule has 0 saturated carbocycles. The molecule has 0 radical (unpaired) electrons. The lowest BCUT2D eigenvalue weighted by Gasteiger charge is -2.09. The molecule has 25 heavy (non-hydrogen) atoms. The van der Waals surface area contributed by atoms with Crippen molar-refractivity contribution in [1.29, 1.82) is 0 Å². The Hall–Kier alpha value is -2.99. The average Bonchev–Trinajstić information content (AvgIpc) is 2.61. The number of hydrogen-bond donors (Lipinski definition) is 3. The highest BCUT2D eigenvalue weighted by Crippen LogP contribution is 2.10. The van der Waals surface area contributed by atoms with E-state index in [9.17, 15) is 9.59 Å². The fourth-order valence-electron chi connectivity index (χ4n) is 2.05. The van der Waals surface area contributed by atoms with Crippen LogP contribution >= 0.6 is 12.2 Å². The summed E-state index contributed by atoms with van der Waals surface area (Å²) in [6.45, 7) is 2.41. The summed E-state index contributed by atoms with van der Waals surface area (Å²) in [5.41, 5.74) is 2.07. The van der Waals surface area contributed by atoms with Crippen LogP contribution in [-0.4, -0.2) is 23.5 Å². The van der Waals surface area contributed by atoms with Crippen molar-refractivity contribution in [2.24, 2.45) is 0 Å². The van der Waals surface area contributed by atoms with Gasteiger partial charge in [0.25, 0.3) is 5.91 Å². The number of carbonyl (C=O) groups excluding carboxylic acids is 2. The van der Waals surface area contributed by atoms with Gasteiger partial charge in [-0.2, -0.15) is 0 Å². The van der Waals surface area contributed by atoms with Gasteiger partial charge in [-0.15, -0.1) is 0 Å². The molecule has 2 aromatic carbocycles. The Kier molecular flexibility index (Phi) is 6.86. The van der Waals surface area contributed by atoms with Crippen LogP contribution in [0.25, 0.3) is 6.08 Å². The fraction of sp³-hybridized carbons (Fsp3) is 0.105. The van der Waals surface area contributed by atoms with E-state index >= 15 is 0 Å². The highest BCUT2D eigenvalue weighted by Gasteiger charge is 2.06. The summed E-state index contributed by atoms with van der Waals surface area (Å²) < 4.78 is 0. The third-order valence-corrected chi connectivity index (χ3v) is 3.39. The summed E-state index contributed by atoms with van der Waals surface area (Å²) in [7, 11) is 0. The van der Waals surface area contributed by atoms with Crippen LogP contribution in [0.15, 0.2) is 60.7 Å². The van der Waals surface area contributed by atoms with Crippen molar-refractivity contribution in [2.45, 2.75) is 6.92 Å². The van der Waals surface area contributed by atoms with Gasteiger partial charge in [0.1, 0.15) is 0 Å². The van der Waals surface area contributed by atoms with Crippen LogP contribution in [0, 0.1) is 0 Å². The number of nitrogens with one attached hydrogen (secondary N) is 3. The zero-order chi connectivity index (χ0) is 18.1. The van der Waals surface area contributed by atoms with Gasteiger partial charge >= 0.3 is 0 Å². The van der Waals surface area contributed by atoms with Gasteiger partial charge in [0.15, 0.2) is 5.11 Å². The largest absolute Gasteiger partial charge is 0.352 e. The maximum Gasteiger partial charge on any atom is 0.251 e. The monoisotopic (exact) mass is 353 g/mol. The number of hydrogen-bond acceptors (Lipinski definition) is 3. The third-order valence-electron chi connectivity index (χ3n) is 3.18. The summed E-state index contributed by atoms with van der Waals surface area (Å²) in [6.07, 6.45) is 3.11. The second-order valence-corrected chi connectivity index (χ2v) is 5.54. The van der Waals surface area contributed by atoms with E-state index in [-0.39, 0.29) is 16.9 Å². The molecule has 2 amide bonds. The molecule has 0 unspecified atom stereocenters. The van der Waals surface area contributed by atoms with Crippen LogP contribution in [0.2, 0.25) is 0 Å². The predicted molar refractivity (Wildman–Crippen MR) is 104 cm³/mol. The Balaban J connectivity index is 1.91. The standard InChI is InChI=1S/C19H19N3O2S/c1-2-20-18(24)15-9-6-10-16(13-15)21-19(25)22-17(23)12-11-14-7-4-3-5-8-14/h3-13H,2H2,1H3,(H,20,24)(H2,21,22,23,25)/b12-11+. The Morgan fingerprint density at radius 3 is 2.56 bits per heavy atom. The van der Waals surface area contributed by atoms with Crippen LogP contribution in [0.5, 0.6) is 0 Å². The van der Waals surface area contributed by atoms with Gasteiger partial charge in [-0.05, 0) is 49.0 Å². The third kappa shape index (κ3) is 6.19. The van der Waals surface area contributed by atoms with Crippen LogP contribution in [0.4, 0.5) is 5.69 Å². The second-order valence-electron chi connectivity index (χ2n) is 5.13. The molecule has 0 aliphatic heterocycles. The maximum absolute atomic E-state index is 11.9. The summed E-state index contributed by atoms with van der Waals surface area (Å²) in [6, 6.07) is 16.4. The quantitative estimate of drug-likeness (QED) is 0.571. The molecule has 0 spiro atoms. The zero-order valence-electron chi connectivity index (χ0n) is 13.8. The summed E-state index contributed by atoms with van der Waals surface area (Å²) in [4.78, 5) is 23.7. The van der Waals surface area contributed by atoms with Gasteiger partial charge in [0.2, 0.25) is 5.91 Å². The van der Waals surface area contributed by atoms with Crippen molar-refractivity contribution in [3.63, 3.8) is 0 Å². The molecule has 0 bridgehead atoms. The number of carbonyl (C=O) groups is 2. The van der Waals surface area contributed by atoms with Gasteiger partial charge in [-0.1, -0.05) is 36.4 Å². The van der Waals surface area contributed by atoms with E-state index in [4.69, 9.17) is 12.2 Å². The molecule has 0 heterocycles. The smallest absolute Gasteiger partial charge is 0.251 e. The van der Waals surface area contributed by atoms with Crippen molar-refractivity contribution in [3.05, 3.63) is 71.8 Å². The van der Waals surface area contributed by atoms with Gasteiger partial charge in [0.05, 0.1) is 0 Å². The van der Waals surface area contributed by atoms with Crippen LogP contribution in [0.1, 0.15) is 22.8 Å². The van der Waals surface area contributed by atoms with Gasteiger partial charge in [-0.25, -0.2) is 0 Å². The second kappa shape index (κ2) is 9.34. The molecular formula is C19H19N3O2S. The number of thiocarbonyl (C=S) groups is 1. The van der Waals surface area contributed by atoms with Crippen LogP contribution in [-0.2, 0) is 4.79 Å². The van der Waals surface area contributed by atoms with Gasteiger partial charge < -0.3 is 10.6 Å². The lowest BCUT2D eigenvalue weighted by Crippen LogP contribution is -2.33. The summed E-state index contributed by atoms with van der Waals surface area (Å²) >= 11 is 5.13. The van der Waals surface area contributed by atoms with E-state index in [0.29, 0.717) is 17.8 Å². The van der Waals surface area contributed by atoms with E-state index in [2.05, 4.69) is 16.0 Å². The summed E-state index contributed by atoms with van der Waals surface area (Å²) in [5, 5.41) is 8.35. The number of benzene rings is 2. The molecule has 3 N–H and O–H groups in total. The Morgan fingerprint density at radius 1 is 1.08 bits per heavy atom. The molecule has 0 atom stereocenters. The van der Waals surface area contributed by atoms with Crippen LogP contribution in [0.3, 0.4) is 0 Å². The van der Waals surface area contributed by atoms with E-state index in [1.807, 2.05) is 37.3 Å². The number of amides is 2. The van der Waals surface area contributed by atoms with Crippen molar-refractivity contribution < 1.29 is 9.59 Å². The number of anilines is 1. The minimum absolute atomic E-state index is 0.160. The molecule has 128 valence electrons. The molecule has 0 saturated heterocycles. The highest BCUT2D eigenvalue weighted by molar-refractivity contribution is 7.80. The first-order valence-corrected chi connectivity index (χ1v) is 8.22. The SMILES string of the molecule is CCNC(=O)c1cccc(NC(=S)NC(=O)/C=C/c2ccccc2)c1. The molecule has 2 rings (SSSR count). The fourth-order valence-corrected chi connectivity index (χ4v) is 2.27. The molecule has 0 aromatic heterocycles. The average molecular weight is 353 g/mol. The van der Waals surface area contributed by atoms with Crippen molar-refractivity contribution in [3.8, 4) is 0 Å². The molecule has 5 nitrogen and oxygen atoms in total. The van der Waals surface area contributed by atoms with E-state index in [1.54, 1.807) is 30.3 Å². The van der Waals surface area contributed by atoms with E-state index in [0.717, 1.165) is 5.56 Å². The maximum atomic E-state index is 11.9. The molecule has 0 aliphatic rings. The molecule has 2 aromatic rings. The van der Waals surface area contributed by atoms with Crippen molar-refractivity contribution >= 4 is 40.9 Å². The Morgan fingerprint density at radius 2 is 1.84 bits per heavy atom.